The second-order valence-electron chi connectivity index (χ2n) is 5.70. The molecule has 0 saturated carbocycles. The van der Waals surface area contributed by atoms with Crippen LogP contribution in [0, 0.1) is 0 Å². The second kappa shape index (κ2) is 8.54. The summed E-state index contributed by atoms with van der Waals surface area (Å²) < 4.78 is 6.05. The maximum absolute atomic E-state index is 9.01. The van der Waals surface area contributed by atoms with Crippen LogP contribution in [-0.4, -0.2) is 18.3 Å². The minimum atomic E-state index is 0.101. The van der Waals surface area contributed by atoms with Gasteiger partial charge in [0.2, 0.25) is 0 Å². The molecule has 0 fully saturated rings. The van der Waals surface area contributed by atoms with Gasteiger partial charge in [0.1, 0.15) is 12.4 Å². The standard InChI is InChI=1S/C20H19Cl2NO2/c21-18-7-5-14(11-19(18)22)13-25-20-8-6-15-3-1-2-4-16(15)17(20)12-23-9-10-24/h1-8,11,23-24H,9-10,12-13H2. The molecule has 0 heterocycles. The van der Waals surface area contributed by atoms with Crippen molar-refractivity contribution < 1.29 is 9.84 Å². The molecule has 0 saturated heterocycles. The Morgan fingerprint density at radius 1 is 0.960 bits per heavy atom. The lowest BCUT2D eigenvalue weighted by Crippen LogP contribution is -2.18. The van der Waals surface area contributed by atoms with Crippen molar-refractivity contribution in [3.05, 3.63) is 75.8 Å². The Morgan fingerprint density at radius 2 is 1.80 bits per heavy atom. The molecule has 0 amide bonds. The third-order valence-corrected chi connectivity index (χ3v) is 4.71. The van der Waals surface area contributed by atoms with Crippen molar-refractivity contribution >= 4 is 34.0 Å². The molecule has 0 aromatic heterocycles. The van der Waals surface area contributed by atoms with Crippen LogP contribution in [0.2, 0.25) is 10.0 Å². The van der Waals surface area contributed by atoms with Crippen molar-refractivity contribution in [2.24, 2.45) is 0 Å². The van der Waals surface area contributed by atoms with Crippen molar-refractivity contribution in [2.45, 2.75) is 13.2 Å². The summed E-state index contributed by atoms with van der Waals surface area (Å²) in [6, 6.07) is 17.7. The van der Waals surface area contributed by atoms with Crippen LogP contribution in [0.15, 0.2) is 54.6 Å². The fourth-order valence-corrected chi connectivity index (χ4v) is 3.04. The average Bonchev–Trinajstić information content (AvgIpc) is 2.63. The number of rotatable bonds is 7. The van der Waals surface area contributed by atoms with E-state index < -0.39 is 0 Å². The number of halogens is 2. The van der Waals surface area contributed by atoms with E-state index in [9.17, 15) is 0 Å². The maximum Gasteiger partial charge on any atom is 0.124 e. The quantitative estimate of drug-likeness (QED) is 0.582. The van der Waals surface area contributed by atoms with E-state index in [4.69, 9.17) is 33.0 Å². The molecule has 5 heteroatoms. The van der Waals surface area contributed by atoms with Gasteiger partial charge in [-0.05, 0) is 34.5 Å². The molecule has 130 valence electrons. The first-order chi connectivity index (χ1) is 12.2. The molecule has 0 bridgehead atoms. The van der Waals surface area contributed by atoms with Gasteiger partial charge in [-0.3, -0.25) is 0 Å². The number of ether oxygens (including phenoxy) is 1. The highest BCUT2D eigenvalue weighted by Gasteiger charge is 2.09. The lowest BCUT2D eigenvalue weighted by Gasteiger charge is -2.15. The summed E-state index contributed by atoms with van der Waals surface area (Å²) in [7, 11) is 0. The molecule has 25 heavy (non-hydrogen) atoms. The molecule has 2 N–H and O–H groups in total. The predicted octanol–water partition coefficient (Wildman–Crippen LogP) is 4.81. The molecule has 0 aliphatic carbocycles. The molecule has 3 aromatic rings. The molecular weight excluding hydrogens is 357 g/mol. The lowest BCUT2D eigenvalue weighted by atomic mass is 10.0. The summed E-state index contributed by atoms with van der Waals surface area (Å²) in [6.07, 6.45) is 0. The zero-order valence-electron chi connectivity index (χ0n) is 13.6. The van der Waals surface area contributed by atoms with E-state index in [0.29, 0.717) is 29.7 Å². The first kappa shape index (κ1) is 18.0. The van der Waals surface area contributed by atoms with Crippen molar-refractivity contribution in [1.29, 1.82) is 0 Å². The highest BCUT2D eigenvalue weighted by Crippen LogP contribution is 2.29. The molecule has 0 spiro atoms. The number of aliphatic hydroxyl groups is 1. The first-order valence-electron chi connectivity index (χ1n) is 8.08. The SMILES string of the molecule is OCCNCc1c(OCc2ccc(Cl)c(Cl)c2)ccc2ccccc12. The van der Waals surface area contributed by atoms with Gasteiger partial charge in [-0.25, -0.2) is 0 Å². The van der Waals surface area contributed by atoms with Crippen LogP contribution in [0.3, 0.4) is 0 Å². The molecule has 3 aromatic carbocycles. The summed E-state index contributed by atoms with van der Waals surface area (Å²) in [4.78, 5) is 0. The van der Waals surface area contributed by atoms with E-state index in [1.807, 2.05) is 30.3 Å². The Hall–Kier alpha value is -1.78. The molecular formula is C20H19Cl2NO2. The topological polar surface area (TPSA) is 41.5 Å². The Kier molecular flexibility index (Phi) is 6.16. The molecule has 0 atom stereocenters. The highest BCUT2D eigenvalue weighted by molar-refractivity contribution is 6.42. The van der Waals surface area contributed by atoms with Crippen LogP contribution in [0.1, 0.15) is 11.1 Å². The number of fused-ring (bicyclic) bond motifs is 1. The fraction of sp³-hybridized carbons (Fsp3) is 0.200. The highest BCUT2D eigenvalue weighted by atomic mass is 35.5. The summed E-state index contributed by atoms with van der Waals surface area (Å²) in [5.41, 5.74) is 2.03. The van der Waals surface area contributed by atoms with Gasteiger partial charge in [-0.1, -0.05) is 59.6 Å². The van der Waals surface area contributed by atoms with Crippen LogP contribution in [0.25, 0.3) is 10.8 Å². The van der Waals surface area contributed by atoms with Crippen molar-refractivity contribution in [3.8, 4) is 5.75 Å². The van der Waals surface area contributed by atoms with Crippen molar-refractivity contribution in [2.75, 3.05) is 13.2 Å². The van der Waals surface area contributed by atoms with E-state index in [1.165, 1.54) is 0 Å². The number of aliphatic hydroxyl groups excluding tert-OH is 1. The average molecular weight is 376 g/mol. The Morgan fingerprint density at radius 3 is 2.60 bits per heavy atom. The van der Waals surface area contributed by atoms with Crippen LogP contribution in [-0.2, 0) is 13.2 Å². The Bertz CT molecular complexity index is 867. The summed E-state index contributed by atoms with van der Waals surface area (Å²) in [5, 5.41) is 15.6. The van der Waals surface area contributed by atoms with Gasteiger partial charge >= 0.3 is 0 Å². The zero-order chi connectivity index (χ0) is 17.6. The minimum absolute atomic E-state index is 0.101. The van der Waals surface area contributed by atoms with Gasteiger partial charge in [0.05, 0.1) is 16.7 Å². The molecule has 0 aliphatic heterocycles. The normalized spacial score (nSPS) is 11.0. The molecule has 0 radical (unpaired) electrons. The fourth-order valence-electron chi connectivity index (χ4n) is 2.72. The number of benzene rings is 3. The van der Waals surface area contributed by atoms with Gasteiger partial charge in [0.25, 0.3) is 0 Å². The maximum atomic E-state index is 9.01. The number of hydrogen-bond acceptors (Lipinski definition) is 3. The van der Waals surface area contributed by atoms with Gasteiger partial charge in [0.15, 0.2) is 0 Å². The van der Waals surface area contributed by atoms with E-state index in [-0.39, 0.29) is 6.61 Å². The Balaban J connectivity index is 1.86. The summed E-state index contributed by atoms with van der Waals surface area (Å²) >= 11 is 12.0. The van der Waals surface area contributed by atoms with Crippen LogP contribution in [0.5, 0.6) is 5.75 Å². The second-order valence-corrected chi connectivity index (χ2v) is 6.52. The summed E-state index contributed by atoms with van der Waals surface area (Å²) in [5.74, 6) is 0.815. The molecule has 3 nitrogen and oxygen atoms in total. The zero-order valence-corrected chi connectivity index (χ0v) is 15.1. The van der Waals surface area contributed by atoms with Gasteiger partial charge < -0.3 is 15.2 Å². The van der Waals surface area contributed by atoms with E-state index in [2.05, 4.69) is 23.5 Å². The minimum Gasteiger partial charge on any atom is -0.489 e. The van der Waals surface area contributed by atoms with E-state index in [0.717, 1.165) is 27.6 Å². The smallest absolute Gasteiger partial charge is 0.124 e. The largest absolute Gasteiger partial charge is 0.489 e. The third-order valence-electron chi connectivity index (χ3n) is 3.97. The first-order valence-corrected chi connectivity index (χ1v) is 8.83. The summed E-state index contributed by atoms with van der Waals surface area (Å²) in [6.45, 7) is 1.67. The van der Waals surface area contributed by atoms with Crippen molar-refractivity contribution in [3.63, 3.8) is 0 Å². The Labute approximate surface area is 157 Å². The van der Waals surface area contributed by atoms with Crippen LogP contribution < -0.4 is 10.1 Å². The number of nitrogens with one attached hydrogen (secondary N) is 1. The van der Waals surface area contributed by atoms with Crippen molar-refractivity contribution in [1.82, 2.24) is 5.32 Å². The molecule has 3 rings (SSSR count). The van der Waals surface area contributed by atoms with Gasteiger partial charge in [0, 0.05) is 18.7 Å². The molecule has 0 unspecified atom stereocenters. The van der Waals surface area contributed by atoms with Gasteiger partial charge in [-0.15, -0.1) is 0 Å². The van der Waals surface area contributed by atoms with E-state index in [1.54, 1.807) is 6.07 Å². The lowest BCUT2D eigenvalue weighted by molar-refractivity contribution is 0.288. The molecule has 0 aliphatic rings. The van der Waals surface area contributed by atoms with Crippen LogP contribution in [0.4, 0.5) is 0 Å². The third kappa shape index (κ3) is 4.44. The predicted molar refractivity (Wildman–Crippen MR) is 104 cm³/mol. The monoisotopic (exact) mass is 375 g/mol. The van der Waals surface area contributed by atoms with Gasteiger partial charge in [-0.2, -0.15) is 0 Å². The van der Waals surface area contributed by atoms with E-state index >= 15 is 0 Å². The number of hydrogen-bond donors (Lipinski definition) is 2. The van der Waals surface area contributed by atoms with Crippen LogP contribution >= 0.6 is 23.2 Å².